The first-order chi connectivity index (χ1) is 36.5. The number of carboxylic acid groups (broad SMARTS) is 1. The van der Waals surface area contributed by atoms with E-state index < -0.39 is 22.1 Å². The Labute approximate surface area is 455 Å². The molecule has 0 bridgehead atoms. The third-order valence-corrected chi connectivity index (χ3v) is 15.8. The number of fused-ring (bicyclic) bond motifs is 4. The Morgan fingerprint density at radius 3 is 1.56 bits per heavy atom. The number of hydrogen-bond donors (Lipinski definition) is 3. The van der Waals surface area contributed by atoms with Crippen molar-refractivity contribution in [2.45, 2.75) is 90.8 Å². The first kappa shape index (κ1) is 58.1. The molecule has 0 radical (unpaired) electrons. The minimum atomic E-state index is -1.25. The number of halogens is 3. The lowest BCUT2D eigenvalue weighted by Crippen LogP contribution is -2.26. The number of carbonyl (C=O) groups is 2. The summed E-state index contributed by atoms with van der Waals surface area (Å²) in [4.78, 5) is 43.7. The second kappa shape index (κ2) is 24.4. The summed E-state index contributed by atoms with van der Waals surface area (Å²) in [6, 6.07) is 14.0. The Balaban J connectivity index is 0.000000198. The number of aromatic nitrogens is 12. The van der Waals surface area contributed by atoms with Crippen molar-refractivity contribution in [3.05, 3.63) is 120 Å². The maximum Gasteiger partial charge on any atom is 0.339 e. The molecule has 4 N–H and O–H groups in total. The smallest absolute Gasteiger partial charge is 0.339 e. The van der Waals surface area contributed by atoms with Crippen LogP contribution in [0, 0.1) is 11.6 Å². The molecule has 21 nitrogen and oxygen atoms in total. The molecule has 78 heavy (non-hydrogen) atoms. The summed E-state index contributed by atoms with van der Waals surface area (Å²) in [5, 5.41) is 30.6. The van der Waals surface area contributed by atoms with Crippen LogP contribution < -0.4 is 11.1 Å². The van der Waals surface area contributed by atoms with E-state index in [4.69, 9.17) is 24.7 Å². The Morgan fingerprint density at radius 1 is 0.705 bits per heavy atom. The topological polar surface area (TPSA) is 260 Å². The average molecular weight is 1130 g/mol. The zero-order chi connectivity index (χ0) is 55.3. The minimum Gasteiger partial charge on any atom is -0.478 e. The van der Waals surface area contributed by atoms with Gasteiger partial charge in [-0.15, -0.1) is 12.4 Å². The molecule has 26 heteroatoms. The molecule has 2 unspecified atom stereocenters. The molecular formula is C52H63ClF2N14O7Si2. The van der Waals surface area contributed by atoms with Crippen molar-refractivity contribution in [2.75, 3.05) is 13.2 Å². The summed E-state index contributed by atoms with van der Waals surface area (Å²) in [7, 11) is 0.994. The van der Waals surface area contributed by atoms with E-state index >= 15 is 0 Å². The van der Waals surface area contributed by atoms with Crippen LogP contribution in [0.3, 0.4) is 0 Å². The van der Waals surface area contributed by atoms with E-state index in [1.54, 1.807) is 75.4 Å². The Morgan fingerprint density at radius 2 is 1.15 bits per heavy atom. The fourth-order valence-corrected chi connectivity index (χ4v) is 9.54. The molecule has 1 amide bonds. The number of nitrogens with two attached hydrogens (primary N) is 1. The van der Waals surface area contributed by atoms with E-state index in [-0.39, 0.29) is 66.6 Å². The van der Waals surface area contributed by atoms with Crippen molar-refractivity contribution in [3.8, 4) is 22.8 Å². The van der Waals surface area contributed by atoms with Gasteiger partial charge in [0.2, 0.25) is 0 Å². The van der Waals surface area contributed by atoms with Crippen LogP contribution in [0.25, 0.3) is 66.9 Å². The molecule has 8 heterocycles. The molecule has 2 atom stereocenters. The van der Waals surface area contributed by atoms with E-state index in [1.807, 2.05) is 13.8 Å². The van der Waals surface area contributed by atoms with E-state index in [9.17, 15) is 23.5 Å². The normalized spacial score (nSPS) is 12.5. The van der Waals surface area contributed by atoms with Crippen LogP contribution in [0.1, 0.15) is 58.0 Å². The fourth-order valence-electron chi connectivity index (χ4n) is 8.02. The maximum atomic E-state index is 13.8. The number of nitrogens with zero attached hydrogens (tertiary/aromatic N) is 12. The molecule has 0 aliphatic rings. The highest BCUT2D eigenvalue weighted by atomic mass is 35.5. The van der Waals surface area contributed by atoms with Crippen LogP contribution >= 0.6 is 12.4 Å². The van der Waals surface area contributed by atoms with Gasteiger partial charge < -0.3 is 43.8 Å². The Kier molecular flexibility index (Phi) is 18.2. The largest absolute Gasteiger partial charge is 0.478 e. The third-order valence-electron chi connectivity index (χ3n) is 12.3. The zero-order valence-corrected chi connectivity index (χ0v) is 47.8. The summed E-state index contributed by atoms with van der Waals surface area (Å²) >= 11 is 0. The number of benzene rings is 2. The summed E-state index contributed by atoms with van der Waals surface area (Å²) < 4.78 is 55.3. The lowest BCUT2D eigenvalue weighted by Gasteiger charge is -2.15. The van der Waals surface area contributed by atoms with Crippen LogP contribution in [0.2, 0.25) is 51.4 Å². The van der Waals surface area contributed by atoms with Crippen molar-refractivity contribution >= 4 is 84.6 Å². The molecule has 0 saturated heterocycles. The lowest BCUT2D eigenvalue weighted by atomic mass is 10.1. The van der Waals surface area contributed by atoms with Crippen molar-refractivity contribution in [1.29, 1.82) is 0 Å². The van der Waals surface area contributed by atoms with E-state index in [2.05, 4.69) is 84.6 Å². The minimum absolute atomic E-state index is 0. The van der Waals surface area contributed by atoms with Crippen LogP contribution in [0.4, 0.5) is 8.78 Å². The Hall–Kier alpha value is -7.56. The molecule has 0 fully saturated rings. The molecule has 0 aliphatic heterocycles. The average Bonchev–Trinajstić information content (AvgIpc) is 4.43. The van der Waals surface area contributed by atoms with Crippen molar-refractivity contribution in [1.82, 2.24) is 64.3 Å². The van der Waals surface area contributed by atoms with Crippen LogP contribution in [0.5, 0.6) is 0 Å². The van der Waals surface area contributed by atoms with Gasteiger partial charge in [0.1, 0.15) is 82.7 Å². The van der Waals surface area contributed by atoms with Gasteiger partial charge in [-0.1, -0.05) is 49.6 Å². The van der Waals surface area contributed by atoms with Crippen molar-refractivity contribution < 1.29 is 42.0 Å². The number of aromatic carboxylic acids is 1. The predicted octanol–water partition coefficient (Wildman–Crippen LogP) is 10.2. The summed E-state index contributed by atoms with van der Waals surface area (Å²) in [6.07, 6.45) is 9.35. The molecule has 10 rings (SSSR count). The summed E-state index contributed by atoms with van der Waals surface area (Å²) in [5.41, 5.74) is 12.1. The number of rotatable bonds is 17. The molecule has 2 aromatic carbocycles. The van der Waals surface area contributed by atoms with Crippen LogP contribution in [-0.4, -0.2) is 105 Å². The van der Waals surface area contributed by atoms with Gasteiger partial charge in [-0.2, -0.15) is 10.2 Å². The van der Waals surface area contributed by atoms with Gasteiger partial charge in [0.05, 0.1) is 40.7 Å². The lowest BCUT2D eigenvalue weighted by molar-refractivity contribution is 0.0695. The predicted molar refractivity (Wildman–Crippen MR) is 298 cm³/mol. The number of hydrogen-bond acceptors (Lipinski definition) is 15. The molecule has 0 spiro atoms. The Bertz CT molecular complexity index is 3680. The quantitative estimate of drug-likeness (QED) is 0.0566. The first-order valence-electron chi connectivity index (χ1n) is 24.8. The zero-order valence-electron chi connectivity index (χ0n) is 45.0. The first-order valence-corrected chi connectivity index (χ1v) is 32.2. The molecule has 8 aromatic heterocycles. The van der Waals surface area contributed by atoms with Gasteiger partial charge in [0.25, 0.3) is 5.91 Å². The molecule has 10 aromatic rings. The SMILES string of the molecule is CC(N)c1ccon1.CC(NC(=O)c1cn(COCC[Si](C)(C)C)c2ncc(-c3nn(C)c4cc(F)ccc34)nc12)c1ccon1.Cl.Cn1nc(-c2cnc3c(n2)c(C(=O)O)cn3COCC[Si](C)(C)C)c2ccc(F)cc21. The molecular weight excluding hydrogens is 1060 g/mol. The van der Waals surface area contributed by atoms with E-state index in [1.165, 1.54) is 43.0 Å². The van der Waals surface area contributed by atoms with Crippen molar-refractivity contribution in [3.63, 3.8) is 0 Å². The molecule has 412 valence electrons. The van der Waals surface area contributed by atoms with Gasteiger partial charge in [0.15, 0.2) is 11.3 Å². The van der Waals surface area contributed by atoms with Crippen LogP contribution in [-0.2, 0) is 37.0 Å². The van der Waals surface area contributed by atoms with Crippen molar-refractivity contribution in [2.24, 2.45) is 19.8 Å². The van der Waals surface area contributed by atoms with Gasteiger partial charge >= 0.3 is 5.97 Å². The van der Waals surface area contributed by atoms with Gasteiger partial charge in [0, 0.05) is 84.8 Å². The standard InChI is InChI=1S/C26H30FN7O3Si.C21H24FN5O3Si.C5H8N2O.ClH/c1-16(20-8-9-37-32-20)29-26(35)19-14-34(15-36-10-11-38(3,4)5)25-24(19)30-21(13-28-25)23-18-7-6-17(27)12-22(18)33(2)31-23;1-26-17-9-13(22)5-6-14(17)18(25-26)16-10-23-20-19(24-16)15(21(28)29)11-27(20)12-30-7-8-31(2,3)4;1-4(6)5-2-3-8-7-5;/h6-9,12-14,16H,10-11,15H2,1-5H3,(H,29,35);5-6,9-11H,7-8,12H2,1-4H3,(H,28,29);2-4H,6H2,1H3;1H. The number of carbonyl (C=O) groups excluding carboxylic acids is 1. The number of amides is 1. The van der Waals surface area contributed by atoms with Crippen LogP contribution in [0.15, 0.2) is 94.9 Å². The highest BCUT2D eigenvalue weighted by molar-refractivity contribution is 6.76. The van der Waals surface area contributed by atoms with Gasteiger partial charge in [-0.3, -0.25) is 14.2 Å². The highest BCUT2D eigenvalue weighted by Gasteiger charge is 2.24. The third kappa shape index (κ3) is 13.8. The second-order valence-corrected chi connectivity index (χ2v) is 32.2. The van der Waals surface area contributed by atoms with E-state index in [0.717, 1.165) is 23.2 Å². The maximum absolute atomic E-state index is 13.8. The summed E-state index contributed by atoms with van der Waals surface area (Å²) in [5.74, 6) is -2.13. The van der Waals surface area contributed by atoms with E-state index in [0.29, 0.717) is 80.5 Å². The number of ether oxygens (including phenoxy) is 2. The molecule has 0 aliphatic carbocycles. The second-order valence-electron chi connectivity index (χ2n) is 21.0. The van der Waals surface area contributed by atoms with Gasteiger partial charge in [-0.25, -0.2) is 33.5 Å². The number of nitrogens with one attached hydrogen (secondary N) is 1. The van der Waals surface area contributed by atoms with Gasteiger partial charge in [-0.05, 0) is 62.3 Å². The molecule has 0 saturated carbocycles. The highest BCUT2D eigenvalue weighted by Crippen LogP contribution is 2.31. The summed E-state index contributed by atoms with van der Waals surface area (Å²) in [6.45, 7) is 19.1. The fraction of sp³-hybridized carbons (Fsp3) is 0.346. The number of aryl methyl sites for hydroxylation is 2. The monoisotopic (exact) mass is 1120 g/mol. The number of carboxylic acids is 1.